The number of aromatic nitrogens is 1. The molecule has 1 saturated heterocycles. The Morgan fingerprint density at radius 3 is 2.56 bits per heavy atom. The van der Waals surface area contributed by atoms with Gasteiger partial charge in [-0.2, -0.15) is 0 Å². The van der Waals surface area contributed by atoms with Crippen molar-refractivity contribution < 1.29 is 28.7 Å². The summed E-state index contributed by atoms with van der Waals surface area (Å²) >= 11 is 1.51. The molecule has 212 valence electrons. The second-order valence-corrected chi connectivity index (χ2v) is 12.0. The molecule has 1 atom stereocenters. The number of nitrogens with zero attached hydrogens (tertiary/aromatic N) is 2. The number of fused-ring (bicyclic) bond motifs is 2. The number of hydrogen-bond donors (Lipinski definition) is 3. The minimum Gasteiger partial charge on any atom is -0.492 e. The molecule has 3 aromatic rings. The van der Waals surface area contributed by atoms with Crippen LogP contribution in [0.25, 0.3) is 10.2 Å². The maximum Gasteiger partial charge on any atom is 0.319 e. The lowest BCUT2D eigenvalue weighted by atomic mass is 10.0. The van der Waals surface area contributed by atoms with Crippen LogP contribution in [0.5, 0.6) is 5.75 Å². The first-order valence-electron chi connectivity index (χ1n) is 13.6. The van der Waals surface area contributed by atoms with E-state index in [4.69, 9.17) is 9.72 Å². The molecule has 2 aliphatic heterocycles. The zero-order chi connectivity index (χ0) is 29.1. The first kappa shape index (κ1) is 26.9. The molecule has 6 rings (SSSR count). The van der Waals surface area contributed by atoms with Gasteiger partial charge in [-0.25, -0.2) is 9.78 Å². The molecule has 1 saturated carbocycles. The zero-order valence-electron chi connectivity index (χ0n) is 22.8. The van der Waals surface area contributed by atoms with Crippen molar-refractivity contribution in [2.45, 2.75) is 64.0 Å². The predicted octanol–water partition coefficient (Wildman–Crippen LogP) is 4.03. The van der Waals surface area contributed by atoms with Gasteiger partial charge in [-0.15, -0.1) is 11.3 Å². The highest BCUT2D eigenvalue weighted by Gasteiger charge is 2.44. The summed E-state index contributed by atoms with van der Waals surface area (Å²) in [6.07, 6.45) is 2.45. The van der Waals surface area contributed by atoms with Gasteiger partial charge in [0.2, 0.25) is 11.8 Å². The van der Waals surface area contributed by atoms with Crippen molar-refractivity contribution in [2.75, 3.05) is 11.9 Å². The summed E-state index contributed by atoms with van der Waals surface area (Å²) in [5.74, 6) is -1.06. The van der Waals surface area contributed by atoms with E-state index < -0.39 is 41.2 Å². The molecule has 41 heavy (non-hydrogen) atoms. The van der Waals surface area contributed by atoms with Crippen molar-refractivity contribution in [2.24, 2.45) is 0 Å². The molecule has 12 heteroatoms. The Morgan fingerprint density at radius 1 is 1.10 bits per heavy atom. The number of thiazole rings is 1. The fourth-order valence-electron chi connectivity index (χ4n) is 5.25. The van der Waals surface area contributed by atoms with E-state index in [-0.39, 0.29) is 24.0 Å². The molecule has 3 N–H and O–H groups in total. The van der Waals surface area contributed by atoms with Crippen LogP contribution in [0.2, 0.25) is 0 Å². The molecule has 3 aliphatic rings. The summed E-state index contributed by atoms with van der Waals surface area (Å²) in [6, 6.07) is 7.04. The number of amides is 6. The summed E-state index contributed by atoms with van der Waals surface area (Å²) in [6.45, 7) is 6.18. The van der Waals surface area contributed by atoms with Crippen molar-refractivity contribution in [3.05, 3.63) is 52.0 Å². The summed E-state index contributed by atoms with van der Waals surface area (Å²) in [7, 11) is 0. The minimum atomic E-state index is -1.06. The molecule has 3 heterocycles. The number of nitrogens with one attached hydrogen (secondary N) is 3. The molecule has 1 aromatic heterocycles. The summed E-state index contributed by atoms with van der Waals surface area (Å²) in [4.78, 5) is 68.6. The fraction of sp³-hybridized carbons (Fsp3) is 0.379. The zero-order valence-corrected chi connectivity index (χ0v) is 23.6. The van der Waals surface area contributed by atoms with E-state index in [1.165, 1.54) is 47.9 Å². The predicted molar refractivity (Wildman–Crippen MR) is 151 cm³/mol. The number of imide groups is 2. The average molecular weight is 576 g/mol. The van der Waals surface area contributed by atoms with Gasteiger partial charge in [0, 0.05) is 12.1 Å². The lowest BCUT2D eigenvalue weighted by molar-refractivity contribution is -0.136. The molecule has 0 bridgehead atoms. The number of anilines is 1. The average Bonchev–Trinajstić information content (AvgIpc) is 3.62. The molecule has 1 unspecified atom stereocenters. The van der Waals surface area contributed by atoms with Crippen LogP contribution in [0.15, 0.2) is 30.3 Å². The van der Waals surface area contributed by atoms with E-state index in [1.807, 2.05) is 20.8 Å². The van der Waals surface area contributed by atoms with Gasteiger partial charge in [0.05, 0.1) is 28.0 Å². The maximum absolute atomic E-state index is 13.1. The van der Waals surface area contributed by atoms with Crippen molar-refractivity contribution in [3.63, 3.8) is 0 Å². The largest absolute Gasteiger partial charge is 0.492 e. The Hall–Kier alpha value is -4.32. The Balaban J connectivity index is 1.18. The number of carbonyl (C=O) groups is 5. The number of ether oxygens (including phenoxy) is 1. The molecule has 0 spiro atoms. The van der Waals surface area contributed by atoms with E-state index in [2.05, 4.69) is 28.1 Å². The van der Waals surface area contributed by atoms with Gasteiger partial charge in [-0.05, 0) is 81.8 Å². The molecule has 2 aromatic carbocycles. The Morgan fingerprint density at radius 2 is 1.85 bits per heavy atom. The first-order chi connectivity index (χ1) is 19.6. The highest BCUT2D eigenvalue weighted by atomic mass is 32.1. The van der Waals surface area contributed by atoms with Crippen LogP contribution in [-0.4, -0.2) is 52.2 Å². The third-order valence-corrected chi connectivity index (χ3v) is 8.82. The molecule has 11 nitrogen and oxygen atoms in total. The first-order valence-corrected chi connectivity index (χ1v) is 14.4. The van der Waals surface area contributed by atoms with Gasteiger partial charge in [0.25, 0.3) is 11.8 Å². The van der Waals surface area contributed by atoms with Crippen LogP contribution < -0.4 is 20.7 Å². The Bertz CT molecular complexity index is 1640. The van der Waals surface area contributed by atoms with E-state index in [9.17, 15) is 24.0 Å². The van der Waals surface area contributed by atoms with E-state index >= 15 is 0 Å². The quantitative estimate of drug-likeness (QED) is 0.361. The molecule has 0 radical (unpaired) electrons. The van der Waals surface area contributed by atoms with Gasteiger partial charge in [0.15, 0.2) is 0 Å². The van der Waals surface area contributed by atoms with Crippen molar-refractivity contribution in [3.8, 4) is 5.75 Å². The monoisotopic (exact) mass is 575 g/mol. The number of benzene rings is 2. The van der Waals surface area contributed by atoms with Crippen LogP contribution in [0.1, 0.15) is 83.7 Å². The maximum atomic E-state index is 13.1. The van der Waals surface area contributed by atoms with Crippen LogP contribution in [0.4, 0.5) is 10.5 Å². The molecule has 6 amide bonds. The van der Waals surface area contributed by atoms with Crippen molar-refractivity contribution in [1.82, 2.24) is 20.5 Å². The van der Waals surface area contributed by atoms with Gasteiger partial charge in [-0.3, -0.25) is 29.4 Å². The Kier molecular flexibility index (Phi) is 6.52. The topological polar surface area (TPSA) is 147 Å². The minimum absolute atomic E-state index is 0.0376. The second kappa shape index (κ2) is 9.95. The van der Waals surface area contributed by atoms with Gasteiger partial charge in [0.1, 0.15) is 22.3 Å². The summed E-state index contributed by atoms with van der Waals surface area (Å²) in [5.41, 5.74) is 1.71. The van der Waals surface area contributed by atoms with Gasteiger partial charge < -0.3 is 15.4 Å². The normalized spacial score (nSPS) is 18.9. The summed E-state index contributed by atoms with van der Waals surface area (Å²) in [5, 5.41) is 8.58. The lowest BCUT2D eigenvalue weighted by Gasteiger charge is -2.27. The second-order valence-electron chi connectivity index (χ2n) is 11.0. The van der Waals surface area contributed by atoms with Crippen LogP contribution >= 0.6 is 11.3 Å². The van der Waals surface area contributed by atoms with Crippen LogP contribution in [0.3, 0.4) is 0 Å². The number of carbonyl (C=O) groups excluding carboxylic acids is 5. The SMILES string of the molecule is CCOc1cc(C2CC2)cc2sc(C(C)(C)NC(=O)Nc3ccc4c(c3)C(=O)N(C3CCC(=O)NC3=O)C4=O)nc12. The van der Waals surface area contributed by atoms with E-state index in [1.54, 1.807) is 0 Å². The molecule has 2 fully saturated rings. The van der Waals surface area contributed by atoms with Gasteiger partial charge >= 0.3 is 6.03 Å². The highest BCUT2D eigenvalue weighted by Crippen LogP contribution is 2.45. The molecular weight excluding hydrogens is 546 g/mol. The standard InChI is InChI=1S/C29H29N5O6S/c1-4-40-20-11-15(14-5-6-14)12-21-23(20)32-27(41-21)29(2,3)33-28(39)30-16-7-8-17-18(13-16)26(38)34(25(17)37)19-9-10-22(35)31-24(19)36/h7-8,11-14,19H,4-6,9-10H2,1-3H3,(H2,30,33,39)(H,31,35,36). The van der Waals surface area contributed by atoms with Crippen LogP contribution in [0, 0.1) is 0 Å². The third-order valence-electron chi connectivity index (χ3n) is 7.49. The lowest BCUT2D eigenvalue weighted by Crippen LogP contribution is -2.54. The summed E-state index contributed by atoms with van der Waals surface area (Å²) < 4.78 is 6.89. The number of hydrogen-bond acceptors (Lipinski definition) is 8. The number of rotatable bonds is 7. The Labute approximate surface area is 239 Å². The molecular formula is C29H29N5O6S. The fourth-order valence-corrected chi connectivity index (χ4v) is 6.34. The van der Waals surface area contributed by atoms with Crippen LogP contribution in [-0.2, 0) is 15.1 Å². The number of piperidine rings is 1. The van der Waals surface area contributed by atoms with Crippen molar-refractivity contribution >= 4 is 56.9 Å². The smallest absolute Gasteiger partial charge is 0.319 e. The molecule has 1 aliphatic carbocycles. The third kappa shape index (κ3) is 4.92. The number of urea groups is 1. The van der Waals surface area contributed by atoms with Gasteiger partial charge in [-0.1, -0.05) is 0 Å². The van der Waals surface area contributed by atoms with E-state index in [0.717, 1.165) is 20.9 Å². The van der Waals surface area contributed by atoms with Crippen molar-refractivity contribution in [1.29, 1.82) is 0 Å². The van der Waals surface area contributed by atoms with E-state index in [0.29, 0.717) is 23.2 Å². The highest BCUT2D eigenvalue weighted by molar-refractivity contribution is 7.18.